The van der Waals surface area contributed by atoms with Gasteiger partial charge in [-0.15, -0.1) is 0 Å². The molecule has 0 atom stereocenters. The first kappa shape index (κ1) is 24.8. The maximum absolute atomic E-state index is 14.2. The lowest BCUT2D eigenvalue weighted by Crippen LogP contribution is -2.40. The first-order valence-corrected chi connectivity index (χ1v) is 13.2. The van der Waals surface area contributed by atoms with Crippen LogP contribution in [0.15, 0.2) is 47.4 Å². The monoisotopic (exact) mass is 492 g/mol. The quantitative estimate of drug-likeness (QED) is 0.561. The first-order valence-electron chi connectivity index (χ1n) is 11.8. The largest absolute Gasteiger partial charge is 0.379 e. The van der Waals surface area contributed by atoms with Crippen LogP contribution in [0.5, 0.6) is 0 Å². The Balaban J connectivity index is 1.42. The van der Waals surface area contributed by atoms with Gasteiger partial charge in [-0.2, -0.15) is 4.31 Å². The Bertz CT molecular complexity index is 1080. The molecule has 2 aliphatic rings. The van der Waals surface area contributed by atoms with Crippen molar-refractivity contribution in [2.45, 2.75) is 56.0 Å². The van der Waals surface area contributed by atoms with Gasteiger partial charge in [0.25, 0.3) is 0 Å². The SMILES string of the molecule is O=C(CCc1ccc(S(=O)(=O)N2CCOCC2)cc1)N(Cc1c(F)cccc1F)C1CCCC1. The van der Waals surface area contributed by atoms with Crippen LogP contribution < -0.4 is 0 Å². The number of nitrogens with zero attached hydrogens (tertiary/aromatic N) is 2. The summed E-state index contributed by atoms with van der Waals surface area (Å²) in [5.74, 6) is -1.44. The molecule has 1 aliphatic carbocycles. The normalized spacial score (nSPS) is 17.7. The molecule has 0 bridgehead atoms. The van der Waals surface area contributed by atoms with E-state index >= 15 is 0 Å². The van der Waals surface area contributed by atoms with Gasteiger partial charge in [0.15, 0.2) is 0 Å². The number of hydrogen-bond acceptors (Lipinski definition) is 4. The predicted molar refractivity (Wildman–Crippen MR) is 124 cm³/mol. The number of benzene rings is 2. The summed E-state index contributed by atoms with van der Waals surface area (Å²) in [4.78, 5) is 15.0. The van der Waals surface area contributed by atoms with E-state index in [0.717, 1.165) is 31.2 Å². The van der Waals surface area contributed by atoms with E-state index in [1.165, 1.54) is 22.5 Å². The molecule has 2 fully saturated rings. The topological polar surface area (TPSA) is 66.9 Å². The second kappa shape index (κ2) is 10.9. The fourth-order valence-electron chi connectivity index (χ4n) is 4.65. The van der Waals surface area contributed by atoms with Crippen LogP contribution in [0, 0.1) is 11.6 Å². The van der Waals surface area contributed by atoms with Crippen LogP contribution in [0.25, 0.3) is 0 Å². The summed E-state index contributed by atoms with van der Waals surface area (Å²) in [6.45, 7) is 1.34. The summed E-state index contributed by atoms with van der Waals surface area (Å²) < 4.78 is 60.7. The van der Waals surface area contributed by atoms with Crippen LogP contribution in [0.1, 0.15) is 43.2 Å². The van der Waals surface area contributed by atoms with Gasteiger partial charge in [0, 0.05) is 31.1 Å². The van der Waals surface area contributed by atoms with Gasteiger partial charge in [-0.25, -0.2) is 17.2 Å². The minimum absolute atomic E-state index is 0.0208. The highest BCUT2D eigenvalue weighted by molar-refractivity contribution is 7.89. The van der Waals surface area contributed by atoms with E-state index < -0.39 is 21.7 Å². The van der Waals surface area contributed by atoms with E-state index in [1.807, 2.05) is 0 Å². The van der Waals surface area contributed by atoms with Crippen molar-refractivity contribution >= 4 is 15.9 Å². The minimum Gasteiger partial charge on any atom is -0.379 e. The van der Waals surface area contributed by atoms with Gasteiger partial charge in [-0.1, -0.05) is 31.0 Å². The molecule has 0 spiro atoms. The molecule has 2 aromatic rings. The second-order valence-corrected chi connectivity index (χ2v) is 10.8. The van der Waals surface area contributed by atoms with Gasteiger partial charge in [0.1, 0.15) is 11.6 Å². The van der Waals surface area contributed by atoms with Crippen LogP contribution in [0.2, 0.25) is 0 Å². The smallest absolute Gasteiger partial charge is 0.243 e. The third-order valence-electron chi connectivity index (χ3n) is 6.63. The lowest BCUT2D eigenvalue weighted by molar-refractivity contribution is -0.134. The number of ether oxygens (including phenoxy) is 1. The van der Waals surface area contributed by atoms with Crippen molar-refractivity contribution in [1.29, 1.82) is 0 Å². The van der Waals surface area contributed by atoms with Crippen LogP contribution in [0.3, 0.4) is 0 Å². The molecule has 1 amide bonds. The molecule has 0 unspecified atom stereocenters. The maximum Gasteiger partial charge on any atom is 0.243 e. The third-order valence-corrected chi connectivity index (χ3v) is 8.55. The molecule has 1 heterocycles. The zero-order valence-electron chi connectivity index (χ0n) is 19.1. The molecule has 0 aromatic heterocycles. The van der Waals surface area contributed by atoms with Crippen molar-refractivity contribution in [3.8, 4) is 0 Å². The highest BCUT2D eigenvalue weighted by Gasteiger charge is 2.29. The highest BCUT2D eigenvalue weighted by Crippen LogP contribution is 2.27. The van der Waals surface area contributed by atoms with E-state index in [1.54, 1.807) is 29.2 Å². The van der Waals surface area contributed by atoms with E-state index in [0.29, 0.717) is 32.7 Å². The van der Waals surface area contributed by atoms with Gasteiger partial charge in [-0.3, -0.25) is 4.79 Å². The number of rotatable bonds is 8. The van der Waals surface area contributed by atoms with Crippen molar-refractivity contribution < 1.29 is 26.7 Å². The summed E-state index contributed by atoms with van der Waals surface area (Å²) in [7, 11) is -3.57. The first-order chi connectivity index (χ1) is 16.4. The Hall–Kier alpha value is -2.36. The van der Waals surface area contributed by atoms with Crippen LogP contribution in [0.4, 0.5) is 8.78 Å². The van der Waals surface area contributed by atoms with Crippen molar-refractivity contribution in [2.24, 2.45) is 0 Å². The predicted octanol–water partition coefficient (Wildman–Crippen LogP) is 3.89. The molecule has 0 N–H and O–H groups in total. The number of amides is 1. The highest BCUT2D eigenvalue weighted by atomic mass is 32.2. The summed E-state index contributed by atoms with van der Waals surface area (Å²) in [5, 5.41) is 0. The molecule has 1 saturated heterocycles. The number of hydrogen-bond donors (Lipinski definition) is 0. The Morgan fingerprint density at radius 3 is 2.24 bits per heavy atom. The molecule has 6 nitrogen and oxygen atoms in total. The third kappa shape index (κ3) is 5.64. The van der Waals surface area contributed by atoms with Crippen molar-refractivity contribution in [1.82, 2.24) is 9.21 Å². The van der Waals surface area contributed by atoms with E-state index in [9.17, 15) is 22.0 Å². The van der Waals surface area contributed by atoms with Gasteiger partial charge in [0.2, 0.25) is 15.9 Å². The van der Waals surface area contributed by atoms with Crippen LogP contribution in [-0.4, -0.2) is 55.9 Å². The zero-order chi connectivity index (χ0) is 24.1. The lowest BCUT2D eigenvalue weighted by Gasteiger charge is -2.29. The van der Waals surface area contributed by atoms with E-state index in [2.05, 4.69) is 0 Å². The summed E-state index contributed by atoms with van der Waals surface area (Å²) in [5.41, 5.74) is 0.748. The molecule has 9 heteroatoms. The van der Waals surface area contributed by atoms with Gasteiger partial charge in [-0.05, 0) is 49.1 Å². The molecule has 4 rings (SSSR count). The second-order valence-electron chi connectivity index (χ2n) is 8.82. The molecule has 0 radical (unpaired) electrons. The number of sulfonamides is 1. The standard InChI is InChI=1S/C25H30F2N2O4S/c26-23-6-3-7-24(27)22(23)18-29(20-4-1-2-5-20)25(30)13-10-19-8-11-21(12-9-19)34(31,32)28-14-16-33-17-15-28/h3,6-9,11-12,20H,1-2,4-5,10,13-18H2. The average molecular weight is 493 g/mol. The van der Waals surface area contributed by atoms with E-state index in [4.69, 9.17) is 4.74 Å². The molecule has 34 heavy (non-hydrogen) atoms. The van der Waals surface area contributed by atoms with Crippen molar-refractivity contribution in [2.75, 3.05) is 26.3 Å². The van der Waals surface area contributed by atoms with Crippen molar-refractivity contribution in [3.05, 3.63) is 65.2 Å². The van der Waals surface area contributed by atoms with Crippen molar-refractivity contribution in [3.63, 3.8) is 0 Å². The Morgan fingerprint density at radius 2 is 1.62 bits per heavy atom. The number of morpholine rings is 1. The molecule has 1 saturated carbocycles. The average Bonchev–Trinajstić information content (AvgIpc) is 3.38. The molecular weight excluding hydrogens is 462 g/mol. The summed E-state index contributed by atoms with van der Waals surface area (Å²) in [6.07, 6.45) is 4.24. The molecule has 184 valence electrons. The molecular formula is C25H30F2N2O4S. The Labute approximate surface area is 199 Å². The summed E-state index contributed by atoms with van der Waals surface area (Å²) in [6, 6.07) is 10.3. The fraction of sp³-hybridized carbons (Fsp3) is 0.480. The maximum atomic E-state index is 14.2. The molecule has 2 aromatic carbocycles. The zero-order valence-corrected chi connectivity index (χ0v) is 19.9. The van der Waals surface area contributed by atoms with E-state index in [-0.39, 0.29) is 35.4 Å². The van der Waals surface area contributed by atoms with Gasteiger partial charge >= 0.3 is 0 Å². The minimum atomic E-state index is -3.57. The number of carbonyl (C=O) groups is 1. The number of carbonyl (C=O) groups excluding carboxylic acids is 1. The summed E-state index contributed by atoms with van der Waals surface area (Å²) >= 11 is 0. The molecule has 1 aliphatic heterocycles. The van der Waals surface area contributed by atoms with Gasteiger partial charge in [0.05, 0.1) is 24.7 Å². The van der Waals surface area contributed by atoms with Gasteiger partial charge < -0.3 is 9.64 Å². The lowest BCUT2D eigenvalue weighted by atomic mass is 10.1. The van der Waals surface area contributed by atoms with Crippen LogP contribution in [-0.2, 0) is 32.5 Å². The number of aryl methyl sites for hydroxylation is 1. The van der Waals surface area contributed by atoms with Crippen LogP contribution >= 0.6 is 0 Å². The fourth-order valence-corrected chi connectivity index (χ4v) is 6.06. The Morgan fingerprint density at radius 1 is 1.00 bits per heavy atom. The Kier molecular flexibility index (Phi) is 7.95. The number of halogens is 2.